The molecule has 29 heavy (non-hydrogen) atoms. The molecule has 1 aromatic carbocycles. The summed E-state index contributed by atoms with van der Waals surface area (Å²) in [5, 5.41) is 9.11. The number of hydrogen-bond acceptors (Lipinski definition) is 5. The summed E-state index contributed by atoms with van der Waals surface area (Å²) in [5.74, 6) is 3.14. The normalized spacial score (nSPS) is 20.2. The monoisotopic (exact) mass is 397 g/mol. The molecule has 2 aliphatic rings. The summed E-state index contributed by atoms with van der Waals surface area (Å²) in [6, 6.07) is 6.68. The number of carbonyl (C=O) groups excluding carboxylic acids is 1. The predicted octanol–water partition coefficient (Wildman–Crippen LogP) is 2.73. The number of carbonyl (C=O) groups is 1. The smallest absolute Gasteiger partial charge is 0.219 e. The summed E-state index contributed by atoms with van der Waals surface area (Å²) in [4.78, 5) is 16.2. The molecule has 4 rings (SSSR count). The Labute approximate surface area is 172 Å². The molecule has 0 unspecified atom stereocenters. The van der Waals surface area contributed by atoms with E-state index in [1.807, 2.05) is 4.90 Å². The van der Waals surface area contributed by atoms with Crippen molar-refractivity contribution in [1.82, 2.24) is 24.6 Å². The highest BCUT2D eigenvalue weighted by Crippen LogP contribution is 2.33. The minimum absolute atomic E-state index is 0.135. The first-order valence-electron chi connectivity index (χ1n) is 10.6. The van der Waals surface area contributed by atoms with Crippen molar-refractivity contribution < 1.29 is 9.53 Å². The number of methoxy groups -OCH3 is 1. The maximum absolute atomic E-state index is 11.8. The van der Waals surface area contributed by atoms with E-state index in [4.69, 9.17) is 4.74 Å². The molecular weight excluding hydrogens is 366 g/mol. The number of aromatic nitrogens is 3. The molecule has 0 bridgehead atoms. The van der Waals surface area contributed by atoms with Crippen LogP contribution in [0.4, 0.5) is 0 Å². The fraction of sp³-hybridized carbons (Fsp3) is 0.591. The summed E-state index contributed by atoms with van der Waals surface area (Å²) >= 11 is 0. The third-order valence-corrected chi connectivity index (χ3v) is 6.23. The van der Waals surface area contributed by atoms with Crippen LogP contribution in [0.1, 0.15) is 55.0 Å². The van der Waals surface area contributed by atoms with Gasteiger partial charge in [-0.05, 0) is 37.9 Å². The number of aryl methyl sites for hydroxylation is 1. The van der Waals surface area contributed by atoms with E-state index in [2.05, 4.69) is 44.8 Å². The molecule has 1 fully saturated rings. The molecule has 1 atom stereocenters. The van der Waals surface area contributed by atoms with Gasteiger partial charge >= 0.3 is 0 Å². The van der Waals surface area contributed by atoms with Crippen LogP contribution in [0, 0.1) is 6.92 Å². The number of likely N-dealkylation sites (tertiary alicyclic amines) is 1. The Bertz CT molecular complexity index is 878. The van der Waals surface area contributed by atoms with E-state index in [9.17, 15) is 4.79 Å². The number of nitrogens with zero attached hydrogens (tertiary/aromatic N) is 5. The lowest BCUT2D eigenvalue weighted by Crippen LogP contribution is -2.35. The fourth-order valence-electron chi connectivity index (χ4n) is 4.58. The standard InChI is InChI=1S/C22H31N5O2/c1-16-7-8-18(20(14-16)29-3)15-26-10-5-4-6-19(26)22-24-23-21-9-11-25(17(2)28)12-13-27(21)22/h7-8,14,19H,4-6,9-13,15H2,1-3H3/t19-/m0/s1. The van der Waals surface area contributed by atoms with Gasteiger partial charge < -0.3 is 14.2 Å². The van der Waals surface area contributed by atoms with E-state index in [1.165, 1.54) is 24.0 Å². The molecule has 7 heteroatoms. The molecule has 0 spiro atoms. The maximum atomic E-state index is 11.8. The van der Waals surface area contributed by atoms with E-state index in [1.54, 1.807) is 14.0 Å². The van der Waals surface area contributed by atoms with Crippen molar-refractivity contribution in [2.45, 2.75) is 58.7 Å². The van der Waals surface area contributed by atoms with Gasteiger partial charge in [0.2, 0.25) is 5.91 Å². The number of amides is 1. The minimum Gasteiger partial charge on any atom is -0.496 e. The van der Waals surface area contributed by atoms with Crippen LogP contribution in [0.3, 0.4) is 0 Å². The van der Waals surface area contributed by atoms with Crippen molar-refractivity contribution in [3.63, 3.8) is 0 Å². The molecule has 0 N–H and O–H groups in total. The molecule has 1 aromatic heterocycles. The molecule has 0 saturated carbocycles. The maximum Gasteiger partial charge on any atom is 0.219 e. The lowest BCUT2D eigenvalue weighted by Gasteiger charge is -2.35. The van der Waals surface area contributed by atoms with E-state index < -0.39 is 0 Å². The summed E-state index contributed by atoms with van der Waals surface area (Å²) in [7, 11) is 1.74. The first-order chi connectivity index (χ1) is 14.1. The first-order valence-corrected chi connectivity index (χ1v) is 10.6. The van der Waals surface area contributed by atoms with E-state index in [0.29, 0.717) is 0 Å². The van der Waals surface area contributed by atoms with Crippen LogP contribution in [-0.2, 0) is 24.3 Å². The van der Waals surface area contributed by atoms with Gasteiger partial charge in [-0.25, -0.2) is 0 Å². The summed E-state index contributed by atoms with van der Waals surface area (Å²) in [6.07, 6.45) is 4.26. The zero-order valence-corrected chi connectivity index (χ0v) is 17.7. The Morgan fingerprint density at radius 1 is 1.17 bits per heavy atom. The SMILES string of the molecule is COc1cc(C)ccc1CN1CCCC[C@H]1c1nnc2n1CCN(C(C)=O)CC2. The minimum atomic E-state index is 0.135. The molecule has 1 amide bonds. The predicted molar refractivity (Wildman–Crippen MR) is 111 cm³/mol. The van der Waals surface area contributed by atoms with Crippen molar-refractivity contribution >= 4 is 5.91 Å². The van der Waals surface area contributed by atoms with Crippen LogP contribution in [-0.4, -0.2) is 57.2 Å². The second kappa shape index (κ2) is 8.53. The lowest BCUT2D eigenvalue weighted by atomic mass is 9.99. The first kappa shape index (κ1) is 19.9. The zero-order chi connectivity index (χ0) is 20.4. The van der Waals surface area contributed by atoms with Gasteiger partial charge in [0.05, 0.1) is 13.2 Å². The largest absolute Gasteiger partial charge is 0.496 e. The van der Waals surface area contributed by atoms with Gasteiger partial charge in [-0.3, -0.25) is 9.69 Å². The second-order valence-corrected chi connectivity index (χ2v) is 8.18. The number of fused-ring (bicyclic) bond motifs is 1. The molecule has 7 nitrogen and oxygen atoms in total. The molecule has 0 radical (unpaired) electrons. The Morgan fingerprint density at radius 3 is 2.83 bits per heavy atom. The van der Waals surface area contributed by atoms with Crippen LogP contribution in [0.25, 0.3) is 0 Å². The number of ether oxygens (including phenoxy) is 1. The summed E-state index contributed by atoms with van der Waals surface area (Å²) in [6.45, 7) is 7.85. The van der Waals surface area contributed by atoms with Crippen molar-refractivity contribution in [2.24, 2.45) is 0 Å². The van der Waals surface area contributed by atoms with Crippen LogP contribution in [0.2, 0.25) is 0 Å². The highest BCUT2D eigenvalue weighted by atomic mass is 16.5. The van der Waals surface area contributed by atoms with Crippen LogP contribution >= 0.6 is 0 Å². The Morgan fingerprint density at radius 2 is 2.03 bits per heavy atom. The van der Waals surface area contributed by atoms with Gasteiger partial charge in [-0.1, -0.05) is 18.6 Å². The fourth-order valence-corrected chi connectivity index (χ4v) is 4.58. The average molecular weight is 398 g/mol. The van der Waals surface area contributed by atoms with Crippen molar-refractivity contribution in [1.29, 1.82) is 0 Å². The third kappa shape index (κ3) is 4.15. The molecule has 2 aliphatic heterocycles. The van der Waals surface area contributed by atoms with Gasteiger partial charge in [0, 0.05) is 45.1 Å². The number of benzene rings is 1. The Hall–Kier alpha value is -2.41. The Balaban J connectivity index is 1.58. The number of rotatable bonds is 4. The van der Waals surface area contributed by atoms with Crippen molar-refractivity contribution in [3.8, 4) is 5.75 Å². The number of piperidine rings is 1. The van der Waals surface area contributed by atoms with Gasteiger partial charge in [-0.2, -0.15) is 0 Å². The van der Waals surface area contributed by atoms with Gasteiger partial charge in [0.25, 0.3) is 0 Å². The van der Waals surface area contributed by atoms with Crippen molar-refractivity contribution in [2.75, 3.05) is 26.7 Å². The van der Waals surface area contributed by atoms with E-state index in [-0.39, 0.29) is 11.9 Å². The van der Waals surface area contributed by atoms with Crippen molar-refractivity contribution in [3.05, 3.63) is 41.0 Å². The molecule has 3 heterocycles. The lowest BCUT2D eigenvalue weighted by molar-refractivity contribution is -0.128. The van der Waals surface area contributed by atoms with Gasteiger partial charge in [0.1, 0.15) is 17.4 Å². The summed E-state index contributed by atoms with van der Waals surface area (Å²) < 4.78 is 7.90. The summed E-state index contributed by atoms with van der Waals surface area (Å²) in [5.41, 5.74) is 2.42. The second-order valence-electron chi connectivity index (χ2n) is 8.18. The average Bonchev–Trinajstić information content (AvgIpc) is 2.99. The van der Waals surface area contributed by atoms with Gasteiger partial charge in [0.15, 0.2) is 0 Å². The Kier molecular flexibility index (Phi) is 5.85. The van der Waals surface area contributed by atoms with Crippen LogP contribution in [0.5, 0.6) is 5.75 Å². The molecular formula is C22H31N5O2. The van der Waals surface area contributed by atoms with Crippen LogP contribution in [0.15, 0.2) is 18.2 Å². The number of hydrogen-bond donors (Lipinski definition) is 0. The van der Waals surface area contributed by atoms with Crippen LogP contribution < -0.4 is 4.74 Å². The molecule has 2 aromatic rings. The highest BCUT2D eigenvalue weighted by molar-refractivity contribution is 5.73. The van der Waals surface area contributed by atoms with E-state index in [0.717, 1.165) is 63.0 Å². The highest BCUT2D eigenvalue weighted by Gasteiger charge is 2.31. The van der Waals surface area contributed by atoms with E-state index >= 15 is 0 Å². The van der Waals surface area contributed by atoms with Gasteiger partial charge in [-0.15, -0.1) is 10.2 Å². The molecule has 1 saturated heterocycles. The zero-order valence-electron chi connectivity index (χ0n) is 17.7. The quantitative estimate of drug-likeness (QED) is 0.794. The topological polar surface area (TPSA) is 63.5 Å². The molecule has 156 valence electrons. The third-order valence-electron chi connectivity index (χ3n) is 6.23. The molecule has 0 aliphatic carbocycles.